The molecule has 2 unspecified atom stereocenters. The molecule has 0 bridgehead atoms. The Hall–Kier alpha value is -0.530. The minimum absolute atomic E-state index is 0.353. The van der Waals surface area contributed by atoms with Gasteiger partial charge >= 0.3 is 5.97 Å². The van der Waals surface area contributed by atoms with Crippen molar-refractivity contribution in [2.75, 3.05) is 0 Å². The number of carbonyl (C=O) groups is 1. The van der Waals surface area contributed by atoms with Gasteiger partial charge in [0.05, 0.1) is 5.41 Å². The molecule has 0 saturated heterocycles. The fraction of sp³-hybridized carbons (Fsp3) is 0.923. The standard InChI is InChI=1S/C13H22O2/c1-10-6-7-13(8-10,12(14)15)9-11-4-2-3-5-11/h10-11H,2-9H2,1H3,(H,14,15). The fourth-order valence-corrected chi connectivity index (χ4v) is 3.63. The van der Waals surface area contributed by atoms with Crippen molar-refractivity contribution in [1.82, 2.24) is 0 Å². The largest absolute Gasteiger partial charge is 0.481 e. The lowest BCUT2D eigenvalue weighted by atomic mass is 9.76. The van der Waals surface area contributed by atoms with Crippen LogP contribution in [-0.4, -0.2) is 11.1 Å². The van der Waals surface area contributed by atoms with Gasteiger partial charge in [-0.1, -0.05) is 32.6 Å². The molecule has 0 spiro atoms. The molecule has 2 aliphatic rings. The van der Waals surface area contributed by atoms with Crippen molar-refractivity contribution in [3.8, 4) is 0 Å². The molecule has 0 aromatic carbocycles. The smallest absolute Gasteiger partial charge is 0.309 e. The Morgan fingerprint density at radius 3 is 2.47 bits per heavy atom. The Labute approximate surface area is 92.1 Å². The molecule has 0 radical (unpaired) electrons. The Morgan fingerprint density at radius 1 is 1.33 bits per heavy atom. The number of rotatable bonds is 3. The molecule has 0 aliphatic heterocycles. The van der Waals surface area contributed by atoms with Gasteiger partial charge in [-0.05, 0) is 37.5 Å². The number of carboxylic acid groups (broad SMARTS) is 1. The number of hydrogen-bond donors (Lipinski definition) is 1. The van der Waals surface area contributed by atoms with Crippen molar-refractivity contribution in [2.45, 2.75) is 58.3 Å². The molecular formula is C13H22O2. The molecule has 0 amide bonds. The zero-order valence-electron chi connectivity index (χ0n) is 9.67. The van der Waals surface area contributed by atoms with Crippen LogP contribution >= 0.6 is 0 Å². The summed E-state index contributed by atoms with van der Waals surface area (Å²) in [6.07, 6.45) is 9.06. The first-order chi connectivity index (χ1) is 7.12. The molecule has 0 aromatic heterocycles. The predicted molar refractivity (Wildman–Crippen MR) is 59.7 cm³/mol. The van der Waals surface area contributed by atoms with Crippen molar-refractivity contribution in [3.05, 3.63) is 0 Å². The lowest BCUT2D eigenvalue weighted by Gasteiger charge is -2.27. The van der Waals surface area contributed by atoms with Gasteiger partial charge in [0.2, 0.25) is 0 Å². The van der Waals surface area contributed by atoms with E-state index in [1.54, 1.807) is 0 Å². The Balaban J connectivity index is 2.02. The Morgan fingerprint density at radius 2 is 2.00 bits per heavy atom. The average molecular weight is 210 g/mol. The van der Waals surface area contributed by atoms with Gasteiger partial charge in [0.25, 0.3) is 0 Å². The second-order valence-corrected chi connectivity index (χ2v) is 5.79. The van der Waals surface area contributed by atoms with Crippen molar-refractivity contribution in [2.24, 2.45) is 17.3 Å². The van der Waals surface area contributed by atoms with Crippen LogP contribution in [0.5, 0.6) is 0 Å². The number of aliphatic carboxylic acids is 1. The van der Waals surface area contributed by atoms with E-state index in [0.717, 1.165) is 25.7 Å². The van der Waals surface area contributed by atoms with Gasteiger partial charge in [0, 0.05) is 0 Å². The molecule has 0 aromatic rings. The van der Waals surface area contributed by atoms with Crippen molar-refractivity contribution >= 4 is 5.97 Å². The highest BCUT2D eigenvalue weighted by molar-refractivity contribution is 5.75. The Bertz CT molecular complexity index is 243. The highest BCUT2D eigenvalue weighted by atomic mass is 16.4. The zero-order valence-corrected chi connectivity index (χ0v) is 9.67. The van der Waals surface area contributed by atoms with Gasteiger partial charge in [0.1, 0.15) is 0 Å². The van der Waals surface area contributed by atoms with E-state index in [9.17, 15) is 9.90 Å². The van der Waals surface area contributed by atoms with Crippen LogP contribution in [0.4, 0.5) is 0 Å². The maximum atomic E-state index is 11.5. The highest BCUT2D eigenvalue weighted by Crippen LogP contribution is 2.48. The van der Waals surface area contributed by atoms with Crippen LogP contribution in [0.2, 0.25) is 0 Å². The normalized spacial score (nSPS) is 37.3. The van der Waals surface area contributed by atoms with E-state index in [0.29, 0.717) is 11.8 Å². The third kappa shape index (κ3) is 2.19. The monoisotopic (exact) mass is 210 g/mol. The van der Waals surface area contributed by atoms with Crippen LogP contribution < -0.4 is 0 Å². The molecule has 0 heterocycles. The molecule has 2 heteroatoms. The molecule has 2 rings (SSSR count). The van der Waals surface area contributed by atoms with Crippen molar-refractivity contribution < 1.29 is 9.90 Å². The van der Waals surface area contributed by atoms with Crippen molar-refractivity contribution in [3.63, 3.8) is 0 Å². The van der Waals surface area contributed by atoms with Gasteiger partial charge in [-0.25, -0.2) is 0 Å². The van der Waals surface area contributed by atoms with Gasteiger partial charge < -0.3 is 5.11 Å². The van der Waals surface area contributed by atoms with Crippen LogP contribution in [0.3, 0.4) is 0 Å². The molecule has 15 heavy (non-hydrogen) atoms. The van der Waals surface area contributed by atoms with Crippen LogP contribution in [0.15, 0.2) is 0 Å². The van der Waals surface area contributed by atoms with Gasteiger partial charge in [-0.15, -0.1) is 0 Å². The number of hydrogen-bond acceptors (Lipinski definition) is 1. The average Bonchev–Trinajstić information content (AvgIpc) is 2.77. The van der Waals surface area contributed by atoms with E-state index in [1.807, 2.05) is 0 Å². The highest BCUT2D eigenvalue weighted by Gasteiger charge is 2.45. The molecule has 2 fully saturated rings. The number of carboxylic acids is 1. The predicted octanol–water partition coefficient (Wildman–Crippen LogP) is 3.46. The maximum Gasteiger partial charge on any atom is 0.309 e. The van der Waals surface area contributed by atoms with Gasteiger partial charge in [-0.3, -0.25) is 4.79 Å². The summed E-state index contributed by atoms with van der Waals surface area (Å²) in [5.74, 6) is 0.785. The molecule has 2 saturated carbocycles. The summed E-state index contributed by atoms with van der Waals surface area (Å²) in [6.45, 7) is 2.19. The third-order valence-corrected chi connectivity index (χ3v) is 4.46. The van der Waals surface area contributed by atoms with E-state index in [2.05, 4.69) is 6.92 Å². The summed E-state index contributed by atoms with van der Waals surface area (Å²) in [5, 5.41) is 9.44. The minimum Gasteiger partial charge on any atom is -0.481 e. The zero-order chi connectivity index (χ0) is 10.9. The lowest BCUT2D eigenvalue weighted by molar-refractivity contribution is -0.150. The molecule has 2 aliphatic carbocycles. The summed E-state index contributed by atoms with van der Waals surface area (Å²) in [4.78, 5) is 11.5. The van der Waals surface area contributed by atoms with E-state index < -0.39 is 5.97 Å². The maximum absolute atomic E-state index is 11.5. The molecule has 2 atom stereocenters. The summed E-state index contributed by atoms with van der Waals surface area (Å²) in [5.41, 5.74) is -0.353. The first-order valence-electron chi connectivity index (χ1n) is 6.36. The summed E-state index contributed by atoms with van der Waals surface area (Å²) in [7, 11) is 0. The topological polar surface area (TPSA) is 37.3 Å². The van der Waals surface area contributed by atoms with Crippen LogP contribution in [-0.2, 0) is 4.79 Å². The molecule has 86 valence electrons. The van der Waals surface area contributed by atoms with Gasteiger partial charge in [0.15, 0.2) is 0 Å². The first-order valence-corrected chi connectivity index (χ1v) is 6.36. The van der Waals surface area contributed by atoms with Crippen molar-refractivity contribution in [1.29, 1.82) is 0 Å². The van der Waals surface area contributed by atoms with E-state index in [1.165, 1.54) is 25.7 Å². The van der Waals surface area contributed by atoms with Crippen LogP contribution in [0.25, 0.3) is 0 Å². The molecular weight excluding hydrogens is 188 g/mol. The van der Waals surface area contributed by atoms with Gasteiger partial charge in [-0.2, -0.15) is 0 Å². The molecule has 1 N–H and O–H groups in total. The van der Waals surface area contributed by atoms with E-state index in [-0.39, 0.29) is 5.41 Å². The minimum atomic E-state index is -0.529. The summed E-state index contributed by atoms with van der Waals surface area (Å²) >= 11 is 0. The lowest BCUT2D eigenvalue weighted by Crippen LogP contribution is -2.30. The quantitative estimate of drug-likeness (QED) is 0.774. The fourth-order valence-electron chi connectivity index (χ4n) is 3.63. The van der Waals surface area contributed by atoms with Crippen LogP contribution in [0, 0.1) is 17.3 Å². The SMILES string of the molecule is CC1CCC(CC2CCCC2)(C(=O)O)C1. The van der Waals surface area contributed by atoms with Crippen LogP contribution in [0.1, 0.15) is 58.3 Å². The van der Waals surface area contributed by atoms with E-state index >= 15 is 0 Å². The first kappa shape index (κ1) is 11.0. The summed E-state index contributed by atoms with van der Waals surface area (Å²) < 4.78 is 0. The second kappa shape index (κ2) is 4.15. The van der Waals surface area contributed by atoms with E-state index in [4.69, 9.17) is 0 Å². The Kier molecular flexibility index (Phi) is 3.03. The molecule has 2 nitrogen and oxygen atoms in total. The summed E-state index contributed by atoms with van der Waals surface area (Å²) in [6, 6.07) is 0. The second-order valence-electron chi connectivity index (χ2n) is 5.79. The third-order valence-electron chi connectivity index (χ3n) is 4.46.